The fourth-order valence-electron chi connectivity index (χ4n) is 3.39. The number of hydrogen-bond acceptors (Lipinski definition) is 5. The second-order valence-electron chi connectivity index (χ2n) is 6.48. The smallest absolute Gasteiger partial charge is 0.322 e. The van der Waals surface area contributed by atoms with Gasteiger partial charge in [-0.15, -0.1) is 0 Å². The van der Waals surface area contributed by atoms with Crippen LogP contribution in [-0.2, 0) is 15.1 Å². The van der Waals surface area contributed by atoms with Gasteiger partial charge in [-0.1, -0.05) is 0 Å². The number of ether oxygens (including phenoxy) is 2. The Balaban J connectivity index is 1.64. The van der Waals surface area contributed by atoms with Gasteiger partial charge in [-0.2, -0.15) is 0 Å². The second-order valence-corrected chi connectivity index (χ2v) is 6.48. The lowest BCUT2D eigenvalue weighted by atomic mass is 9.81. The molecule has 3 N–H and O–H groups in total. The van der Waals surface area contributed by atoms with Crippen LogP contribution in [0.2, 0.25) is 0 Å². The van der Waals surface area contributed by atoms with Crippen molar-refractivity contribution in [2.45, 2.75) is 18.1 Å². The van der Waals surface area contributed by atoms with Gasteiger partial charge in [0.25, 0.3) is 11.8 Å². The minimum Gasteiger partial charge on any atom is -0.497 e. The molecule has 2 aromatic rings. The highest BCUT2D eigenvalue weighted by Crippen LogP contribution is 2.42. The van der Waals surface area contributed by atoms with Crippen LogP contribution < -0.4 is 25.4 Å². The number of halogens is 1. The van der Waals surface area contributed by atoms with E-state index in [1.807, 2.05) is 0 Å². The van der Waals surface area contributed by atoms with Gasteiger partial charge in [0.1, 0.15) is 17.3 Å². The zero-order valence-corrected chi connectivity index (χ0v) is 14.7. The third-order valence-corrected chi connectivity index (χ3v) is 4.75. The van der Waals surface area contributed by atoms with Gasteiger partial charge in [-0.05, 0) is 42.5 Å². The summed E-state index contributed by atoms with van der Waals surface area (Å²) in [7, 11) is 1.53. The number of amides is 4. The highest BCUT2D eigenvalue weighted by molar-refractivity contribution is 6.08. The third kappa shape index (κ3) is 2.90. The van der Waals surface area contributed by atoms with E-state index in [9.17, 15) is 18.8 Å². The van der Waals surface area contributed by atoms with Gasteiger partial charge < -0.3 is 20.1 Å². The molecular formula is C19H16FN3O5. The van der Waals surface area contributed by atoms with Gasteiger partial charge in [0, 0.05) is 17.7 Å². The first-order valence-corrected chi connectivity index (χ1v) is 8.46. The van der Waals surface area contributed by atoms with Crippen LogP contribution >= 0.6 is 0 Å². The molecule has 9 heteroatoms. The van der Waals surface area contributed by atoms with E-state index in [1.54, 1.807) is 24.3 Å². The summed E-state index contributed by atoms with van der Waals surface area (Å²) in [5.74, 6) is -0.966. The quantitative estimate of drug-likeness (QED) is 0.697. The minimum absolute atomic E-state index is 0.153. The lowest BCUT2D eigenvalue weighted by Crippen LogP contribution is -2.53. The van der Waals surface area contributed by atoms with E-state index in [1.165, 1.54) is 13.2 Å². The first-order chi connectivity index (χ1) is 13.4. The molecule has 0 saturated carbocycles. The Hall–Kier alpha value is -3.62. The zero-order valence-electron chi connectivity index (χ0n) is 14.7. The Morgan fingerprint density at radius 2 is 2.00 bits per heavy atom. The monoisotopic (exact) mass is 385 g/mol. The van der Waals surface area contributed by atoms with Gasteiger partial charge in [0.2, 0.25) is 0 Å². The predicted molar refractivity (Wildman–Crippen MR) is 95.4 cm³/mol. The zero-order chi connectivity index (χ0) is 19.9. The van der Waals surface area contributed by atoms with Crippen molar-refractivity contribution in [3.8, 4) is 11.5 Å². The number of imide groups is 1. The van der Waals surface area contributed by atoms with E-state index in [-0.39, 0.29) is 17.7 Å². The summed E-state index contributed by atoms with van der Waals surface area (Å²) < 4.78 is 24.5. The minimum atomic E-state index is -1.57. The SMILES string of the molecule is COc1ccc(NC(=O)C2C[C@@]3(NC(=O)NC3=O)c3cc(F)ccc3O2)cc1. The Morgan fingerprint density at radius 1 is 1.25 bits per heavy atom. The predicted octanol–water partition coefficient (Wildman–Crippen LogP) is 1.66. The van der Waals surface area contributed by atoms with Crippen molar-refractivity contribution in [1.82, 2.24) is 10.6 Å². The number of urea groups is 1. The summed E-state index contributed by atoms with van der Waals surface area (Å²) in [5.41, 5.74) is -0.896. The van der Waals surface area contributed by atoms with E-state index in [2.05, 4.69) is 16.0 Å². The first kappa shape index (κ1) is 17.8. The summed E-state index contributed by atoms with van der Waals surface area (Å²) in [6.45, 7) is 0. The van der Waals surface area contributed by atoms with E-state index >= 15 is 0 Å². The summed E-state index contributed by atoms with van der Waals surface area (Å²) >= 11 is 0. The van der Waals surface area contributed by atoms with Crippen LogP contribution in [-0.4, -0.2) is 31.1 Å². The van der Waals surface area contributed by atoms with Crippen LogP contribution in [0.3, 0.4) is 0 Å². The van der Waals surface area contributed by atoms with Gasteiger partial charge in [0.05, 0.1) is 7.11 Å². The number of rotatable bonds is 3. The number of carbonyl (C=O) groups is 3. The molecular weight excluding hydrogens is 369 g/mol. The van der Waals surface area contributed by atoms with Crippen LogP contribution in [0.15, 0.2) is 42.5 Å². The molecule has 0 radical (unpaired) electrons. The van der Waals surface area contributed by atoms with Crippen LogP contribution in [0.4, 0.5) is 14.9 Å². The fraction of sp³-hybridized carbons (Fsp3) is 0.211. The third-order valence-electron chi connectivity index (χ3n) is 4.75. The van der Waals surface area contributed by atoms with E-state index in [0.29, 0.717) is 11.4 Å². The molecule has 1 fully saturated rings. The largest absolute Gasteiger partial charge is 0.497 e. The average Bonchev–Trinajstić information content (AvgIpc) is 2.96. The topological polar surface area (TPSA) is 106 Å². The van der Waals surface area contributed by atoms with Crippen molar-refractivity contribution < 1.29 is 28.2 Å². The Morgan fingerprint density at radius 3 is 2.64 bits per heavy atom. The molecule has 4 amide bonds. The van der Waals surface area contributed by atoms with Crippen molar-refractivity contribution in [1.29, 1.82) is 0 Å². The van der Waals surface area contributed by atoms with Gasteiger partial charge >= 0.3 is 6.03 Å². The van der Waals surface area contributed by atoms with Crippen molar-refractivity contribution >= 4 is 23.5 Å². The number of hydrogen-bond donors (Lipinski definition) is 3. The van der Waals surface area contributed by atoms with Gasteiger partial charge in [-0.25, -0.2) is 9.18 Å². The Labute approximate surface area is 159 Å². The van der Waals surface area contributed by atoms with E-state index in [0.717, 1.165) is 12.1 Å². The van der Waals surface area contributed by atoms with Crippen LogP contribution in [0.5, 0.6) is 11.5 Å². The number of anilines is 1. The number of benzene rings is 2. The van der Waals surface area contributed by atoms with Crippen molar-refractivity contribution in [2.75, 3.05) is 12.4 Å². The highest BCUT2D eigenvalue weighted by Gasteiger charge is 2.54. The maximum atomic E-state index is 13.8. The number of nitrogens with one attached hydrogen (secondary N) is 3. The summed E-state index contributed by atoms with van der Waals surface area (Å²) in [6, 6.07) is 9.57. The molecule has 2 atom stereocenters. The van der Waals surface area contributed by atoms with Crippen molar-refractivity contribution in [3.63, 3.8) is 0 Å². The molecule has 0 bridgehead atoms. The summed E-state index contributed by atoms with van der Waals surface area (Å²) in [5, 5.41) is 7.37. The number of fused-ring (bicyclic) bond motifs is 2. The van der Waals surface area contributed by atoms with Crippen LogP contribution in [0.1, 0.15) is 12.0 Å². The highest BCUT2D eigenvalue weighted by atomic mass is 19.1. The lowest BCUT2D eigenvalue weighted by molar-refractivity contribution is -0.129. The number of carbonyl (C=O) groups excluding carboxylic acids is 3. The number of methoxy groups -OCH3 is 1. The molecule has 2 aliphatic rings. The van der Waals surface area contributed by atoms with Crippen LogP contribution in [0.25, 0.3) is 0 Å². The van der Waals surface area contributed by atoms with E-state index in [4.69, 9.17) is 9.47 Å². The molecule has 4 rings (SSSR count). The first-order valence-electron chi connectivity index (χ1n) is 8.46. The molecule has 1 unspecified atom stereocenters. The van der Waals surface area contributed by atoms with E-state index < -0.39 is 35.3 Å². The molecule has 1 saturated heterocycles. The normalized spacial score (nSPS) is 22.7. The molecule has 1 spiro atoms. The molecule has 0 aromatic heterocycles. The van der Waals surface area contributed by atoms with Crippen LogP contribution in [0, 0.1) is 5.82 Å². The lowest BCUT2D eigenvalue weighted by Gasteiger charge is -2.36. The second kappa shape index (κ2) is 6.52. The molecule has 144 valence electrons. The summed E-state index contributed by atoms with van der Waals surface area (Å²) in [6.07, 6.45) is -1.26. The maximum Gasteiger partial charge on any atom is 0.322 e. The maximum absolute atomic E-state index is 13.8. The van der Waals surface area contributed by atoms with Crippen molar-refractivity contribution in [2.24, 2.45) is 0 Å². The summed E-state index contributed by atoms with van der Waals surface area (Å²) in [4.78, 5) is 37.0. The molecule has 2 aromatic carbocycles. The molecule has 0 aliphatic carbocycles. The molecule has 2 heterocycles. The molecule has 28 heavy (non-hydrogen) atoms. The van der Waals surface area contributed by atoms with Gasteiger partial charge in [-0.3, -0.25) is 14.9 Å². The average molecular weight is 385 g/mol. The Bertz CT molecular complexity index is 978. The molecule has 8 nitrogen and oxygen atoms in total. The molecule has 2 aliphatic heterocycles. The Kier molecular flexibility index (Phi) is 4.14. The standard InChI is InChI=1S/C19H16FN3O5/c1-27-12-5-3-11(4-6-12)21-16(24)15-9-19(17(25)22-18(26)23-19)13-8-10(20)2-7-14(13)28-15/h2-8,15H,9H2,1H3,(H,21,24)(H2,22,23,25,26)/t15?,19-/m1/s1. The van der Waals surface area contributed by atoms with Gasteiger partial charge in [0.15, 0.2) is 11.6 Å². The van der Waals surface area contributed by atoms with Crippen molar-refractivity contribution in [3.05, 3.63) is 53.8 Å². The fourth-order valence-corrected chi connectivity index (χ4v) is 3.39.